The lowest BCUT2D eigenvalue weighted by molar-refractivity contribution is 0.112. The first kappa shape index (κ1) is 21.3. The Labute approximate surface area is 172 Å². The molecule has 1 heterocycles. The Bertz CT molecular complexity index is 1160. The summed E-state index contributed by atoms with van der Waals surface area (Å²) in [4.78, 5) is 19.2. The van der Waals surface area contributed by atoms with Crippen LogP contribution in [0.5, 0.6) is 0 Å². The van der Waals surface area contributed by atoms with Crippen LogP contribution in [0.25, 0.3) is 0 Å². The number of aliphatic hydroxyl groups excluding tert-OH is 1. The fourth-order valence-corrected chi connectivity index (χ4v) is 3.47. The van der Waals surface area contributed by atoms with Crippen molar-refractivity contribution in [2.45, 2.75) is 10.9 Å². The number of hydrogen-bond acceptors (Lipinski definition) is 8. The number of benzene rings is 2. The molecule has 8 nitrogen and oxygen atoms in total. The van der Waals surface area contributed by atoms with Crippen LogP contribution in [0.3, 0.4) is 0 Å². The molecule has 0 amide bonds. The number of nitrogens with zero attached hydrogens (tertiary/aromatic N) is 2. The number of rotatable bonds is 8. The summed E-state index contributed by atoms with van der Waals surface area (Å²) in [5.41, 5.74) is 1.20. The maximum absolute atomic E-state index is 14.1. The van der Waals surface area contributed by atoms with Crippen molar-refractivity contribution in [1.82, 2.24) is 9.97 Å². The molecule has 30 heavy (non-hydrogen) atoms. The van der Waals surface area contributed by atoms with Gasteiger partial charge >= 0.3 is 0 Å². The third-order valence-electron chi connectivity index (χ3n) is 4.23. The van der Waals surface area contributed by atoms with E-state index < -0.39 is 26.6 Å². The van der Waals surface area contributed by atoms with E-state index in [0.29, 0.717) is 6.29 Å². The highest BCUT2D eigenvalue weighted by Gasteiger charge is 2.16. The van der Waals surface area contributed by atoms with Crippen LogP contribution in [0.4, 0.5) is 21.8 Å². The van der Waals surface area contributed by atoms with Crippen molar-refractivity contribution in [2.24, 2.45) is 0 Å². The van der Waals surface area contributed by atoms with Crippen LogP contribution < -0.4 is 10.6 Å². The monoisotopic (exact) mass is 430 g/mol. The van der Waals surface area contributed by atoms with E-state index in [2.05, 4.69) is 20.6 Å². The zero-order valence-corrected chi connectivity index (χ0v) is 16.7. The van der Waals surface area contributed by atoms with Crippen LogP contribution in [0.15, 0.2) is 59.6 Å². The van der Waals surface area contributed by atoms with Gasteiger partial charge in [0, 0.05) is 18.1 Å². The minimum absolute atomic E-state index is 0.0550. The van der Waals surface area contributed by atoms with Crippen molar-refractivity contribution in [3.05, 3.63) is 71.7 Å². The second-order valence-corrected chi connectivity index (χ2v) is 8.43. The van der Waals surface area contributed by atoms with Gasteiger partial charge in [0.1, 0.15) is 16.5 Å². The average Bonchev–Trinajstić information content (AvgIpc) is 2.72. The Kier molecular flexibility index (Phi) is 6.38. The number of sulfone groups is 1. The van der Waals surface area contributed by atoms with Crippen molar-refractivity contribution in [3.63, 3.8) is 0 Å². The Morgan fingerprint density at radius 2 is 1.93 bits per heavy atom. The van der Waals surface area contributed by atoms with Gasteiger partial charge < -0.3 is 15.7 Å². The number of anilines is 3. The smallest absolute Gasteiger partial charge is 0.229 e. The fourth-order valence-electron chi connectivity index (χ4n) is 2.75. The summed E-state index contributed by atoms with van der Waals surface area (Å²) >= 11 is 0. The summed E-state index contributed by atoms with van der Waals surface area (Å²) in [6, 6.07) is 12.1. The van der Waals surface area contributed by atoms with E-state index in [4.69, 9.17) is 0 Å². The third-order valence-corrected chi connectivity index (χ3v) is 5.36. The van der Waals surface area contributed by atoms with Gasteiger partial charge in [0.15, 0.2) is 16.1 Å². The second kappa shape index (κ2) is 8.97. The summed E-state index contributed by atoms with van der Waals surface area (Å²) in [5, 5.41) is 15.5. The molecule has 3 N–H and O–H groups in total. The van der Waals surface area contributed by atoms with Crippen LogP contribution >= 0.6 is 0 Å². The van der Waals surface area contributed by atoms with Crippen LogP contribution in [-0.2, 0) is 9.84 Å². The number of nitrogens with one attached hydrogen (secondary N) is 2. The predicted molar refractivity (Wildman–Crippen MR) is 110 cm³/mol. The Morgan fingerprint density at radius 3 is 2.53 bits per heavy atom. The molecule has 0 aliphatic heterocycles. The van der Waals surface area contributed by atoms with Crippen LogP contribution in [0, 0.1) is 5.82 Å². The molecule has 0 saturated heterocycles. The maximum atomic E-state index is 14.1. The van der Waals surface area contributed by atoms with Crippen LogP contribution in [-0.4, -0.2) is 42.6 Å². The first-order valence-electron chi connectivity index (χ1n) is 8.83. The standard InChI is InChI=1S/C20H19FN4O4S/c1-30(28,29)18-8-7-15(9-16(18)21)23-20-22-10-14(11-26)19(25-20)24-17(12-27)13-5-3-2-4-6-13/h2-11,17,27H,12H2,1H3,(H2,22,23,24,25). The molecule has 10 heteroatoms. The van der Waals surface area contributed by atoms with Crippen LogP contribution in [0.2, 0.25) is 0 Å². The molecule has 3 aromatic rings. The lowest BCUT2D eigenvalue weighted by atomic mass is 10.1. The van der Waals surface area contributed by atoms with Crippen molar-refractivity contribution < 1.29 is 22.7 Å². The molecule has 0 bridgehead atoms. The molecule has 3 rings (SSSR count). The highest BCUT2D eigenvalue weighted by atomic mass is 32.2. The minimum atomic E-state index is -3.69. The molecule has 0 saturated carbocycles. The highest BCUT2D eigenvalue weighted by Crippen LogP contribution is 2.24. The minimum Gasteiger partial charge on any atom is -0.394 e. The summed E-state index contributed by atoms with van der Waals surface area (Å²) in [6.45, 7) is -0.243. The molecule has 0 aliphatic rings. The molecule has 0 radical (unpaired) electrons. The number of aldehydes is 1. The normalized spacial score (nSPS) is 12.2. The molecule has 0 spiro atoms. The van der Waals surface area contributed by atoms with Gasteiger partial charge in [0.25, 0.3) is 0 Å². The molecular weight excluding hydrogens is 411 g/mol. The Hall–Kier alpha value is -3.37. The number of aliphatic hydroxyl groups is 1. The van der Waals surface area contributed by atoms with Gasteiger partial charge in [0.05, 0.1) is 18.2 Å². The summed E-state index contributed by atoms with van der Waals surface area (Å²) < 4.78 is 37.2. The zero-order valence-electron chi connectivity index (χ0n) is 15.9. The SMILES string of the molecule is CS(=O)(=O)c1ccc(Nc2ncc(C=O)c(NC(CO)c3ccccc3)n2)cc1F. The number of carbonyl (C=O) groups is 1. The molecule has 2 aromatic carbocycles. The van der Waals surface area contributed by atoms with Crippen molar-refractivity contribution >= 4 is 33.6 Å². The first-order chi connectivity index (χ1) is 14.3. The summed E-state index contributed by atoms with van der Waals surface area (Å²) in [7, 11) is -3.69. The molecule has 1 atom stereocenters. The second-order valence-electron chi connectivity index (χ2n) is 6.45. The van der Waals surface area contributed by atoms with Gasteiger partial charge in [0.2, 0.25) is 5.95 Å². The summed E-state index contributed by atoms with van der Waals surface area (Å²) in [5.74, 6) is -0.673. The predicted octanol–water partition coefficient (Wildman–Crippen LogP) is 2.72. The van der Waals surface area contributed by atoms with Crippen molar-refractivity contribution in [2.75, 3.05) is 23.5 Å². The first-order valence-corrected chi connectivity index (χ1v) is 10.7. The lowest BCUT2D eigenvalue weighted by Gasteiger charge is -2.19. The molecule has 0 aliphatic carbocycles. The van der Waals surface area contributed by atoms with Gasteiger partial charge in [-0.3, -0.25) is 4.79 Å². The average molecular weight is 430 g/mol. The van der Waals surface area contributed by atoms with E-state index >= 15 is 0 Å². The van der Waals surface area contributed by atoms with Gasteiger partial charge in [-0.15, -0.1) is 0 Å². The van der Waals surface area contributed by atoms with Gasteiger partial charge in [-0.05, 0) is 23.8 Å². The van der Waals surface area contributed by atoms with Gasteiger partial charge in [-0.25, -0.2) is 17.8 Å². The van der Waals surface area contributed by atoms with E-state index in [9.17, 15) is 22.7 Å². The summed E-state index contributed by atoms with van der Waals surface area (Å²) in [6.07, 6.45) is 2.78. The van der Waals surface area contributed by atoms with E-state index in [1.165, 1.54) is 12.3 Å². The Morgan fingerprint density at radius 1 is 1.20 bits per heavy atom. The maximum Gasteiger partial charge on any atom is 0.229 e. The van der Waals surface area contributed by atoms with Crippen LogP contribution in [0.1, 0.15) is 22.0 Å². The third kappa shape index (κ3) is 4.97. The number of aromatic nitrogens is 2. The van der Waals surface area contributed by atoms with Crippen molar-refractivity contribution in [3.8, 4) is 0 Å². The molecule has 1 aromatic heterocycles. The lowest BCUT2D eigenvalue weighted by Crippen LogP contribution is -2.17. The zero-order chi connectivity index (χ0) is 21.7. The number of halogens is 1. The largest absolute Gasteiger partial charge is 0.394 e. The van der Waals surface area contributed by atoms with E-state index in [1.54, 1.807) is 0 Å². The molecule has 1 unspecified atom stereocenters. The van der Waals surface area contributed by atoms with E-state index in [0.717, 1.165) is 24.0 Å². The van der Waals surface area contributed by atoms with Gasteiger partial charge in [-0.2, -0.15) is 4.98 Å². The molecule has 0 fully saturated rings. The van der Waals surface area contributed by atoms with Gasteiger partial charge in [-0.1, -0.05) is 30.3 Å². The van der Waals surface area contributed by atoms with Crippen molar-refractivity contribution in [1.29, 1.82) is 0 Å². The topological polar surface area (TPSA) is 121 Å². The fraction of sp³-hybridized carbons (Fsp3) is 0.150. The molecule has 156 valence electrons. The molecular formula is C20H19FN4O4S. The highest BCUT2D eigenvalue weighted by molar-refractivity contribution is 7.90. The van der Waals surface area contributed by atoms with E-state index in [1.807, 2.05) is 30.3 Å². The quantitative estimate of drug-likeness (QED) is 0.467. The van der Waals surface area contributed by atoms with E-state index in [-0.39, 0.29) is 29.6 Å². The number of hydrogen-bond donors (Lipinski definition) is 3. The number of carbonyl (C=O) groups excluding carboxylic acids is 1. The Balaban J connectivity index is 1.87.